The molecule has 4 atom stereocenters. The van der Waals surface area contributed by atoms with E-state index in [1.807, 2.05) is 0 Å². The summed E-state index contributed by atoms with van der Waals surface area (Å²) < 4.78 is 6.27. The van der Waals surface area contributed by atoms with Gasteiger partial charge in [0.2, 0.25) is 0 Å². The molecule has 0 saturated carbocycles. The van der Waals surface area contributed by atoms with E-state index < -0.39 is 42.7 Å². The van der Waals surface area contributed by atoms with Crippen LogP contribution in [0.15, 0.2) is 47.4 Å². The summed E-state index contributed by atoms with van der Waals surface area (Å²) in [5, 5.41) is 31.3. The number of benzene rings is 1. The van der Waals surface area contributed by atoms with Gasteiger partial charge in [0.1, 0.15) is 24.1 Å². The molecule has 0 unspecified atom stereocenters. The van der Waals surface area contributed by atoms with Crippen molar-refractivity contribution in [3.05, 3.63) is 58.6 Å². The average Bonchev–Trinajstić information content (AvgIpc) is 2.91. The predicted molar refractivity (Wildman–Crippen MR) is 85.9 cm³/mol. The Hall–Kier alpha value is -2.59. The third-order valence-corrected chi connectivity index (χ3v) is 3.90. The predicted octanol–water partition coefficient (Wildman–Crippen LogP) is -0.893. The van der Waals surface area contributed by atoms with Crippen LogP contribution in [-0.4, -0.2) is 55.7 Å². The van der Waals surface area contributed by atoms with Crippen LogP contribution in [0.3, 0.4) is 0 Å². The van der Waals surface area contributed by atoms with Gasteiger partial charge in [-0.2, -0.15) is 4.98 Å². The van der Waals surface area contributed by atoms with E-state index in [1.165, 1.54) is 12.3 Å². The van der Waals surface area contributed by atoms with Crippen molar-refractivity contribution in [1.29, 1.82) is 0 Å². The van der Waals surface area contributed by atoms with Gasteiger partial charge in [-0.25, -0.2) is 4.79 Å². The number of aliphatic hydroxyl groups excluding tert-OH is 3. The maximum absolute atomic E-state index is 12.2. The summed E-state index contributed by atoms with van der Waals surface area (Å²) in [4.78, 5) is 27.9. The number of rotatable bonds is 4. The van der Waals surface area contributed by atoms with Gasteiger partial charge in [0, 0.05) is 11.8 Å². The van der Waals surface area contributed by atoms with Crippen molar-refractivity contribution in [3.8, 4) is 0 Å². The van der Waals surface area contributed by atoms with Crippen LogP contribution in [-0.2, 0) is 4.74 Å². The lowest BCUT2D eigenvalue weighted by Gasteiger charge is -2.17. The van der Waals surface area contributed by atoms with Crippen LogP contribution in [0.5, 0.6) is 0 Å². The highest BCUT2D eigenvalue weighted by Gasteiger charge is 2.43. The second-order valence-electron chi connectivity index (χ2n) is 5.55. The molecule has 1 amide bonds. The number of hydrogen-bond donors (Lipinski definition) is 4. The number of hydrogen-bond acceptors (Lipinski definition) is 7. The highest BCUT2D eigenvalue weighted by molar-refractivity contribution is 6.03. The van der Waals surface area contributed by atoms with Gasteiger partial charge >= 0.3 is 5.69 Å². The van der Waals surface area contributed by atoms with Crippen molar-refractivity contribution in [2.45, 2.75) is 24.5 Å². The molecule has 9 heteroatoms. The summed E-state index contributed by atoms with van der Waals surface area (Å²) in [5.74, 6) is -0.375. The van der Waals surface area contributed by atoms with Gasteiger partial charge in [-0.3, -0.25) is 9.36 Å². The van der Waals surface area contributed by atoms with Crippen LogP contribution in [0.25, 0.3) is 0 Å². The molecule has 0 aliphatic carbocycles. The van der Waals surface area contributed by atoms with E-state index in [4.69, 9.17) is 9.84 Å². The maximum atomic E-state index is 12.2. The van der Waals surface area contributed by atoms with Crippen molar-refractivity contribution in [2.24, 2.45) is 0 Å². The minimum Gasteiger partial charge on any atom is -0.394 e. The van der Waals surface area contributed by atoms with Crippen LogP contribution in [0.2, 0.25) is 0 Å². The standard InChI is InChI=1S/C16H17N3O6/c20-8-10-12(21)13(22)15(25-10)19-7-6-11(18-16(19)24)17-14(23)9-4-2-1-3-5-9/h1-7,10,12-13,15,20-22H,8H2,(H,17,18,23,24)/t10-,12-,13-,15-/m0/s1. The quantitative estimate of drug-likeness (QED) is 0.563. The lowest BCUT2D eigenvalue weighted by atomic mass is 10.1. The van der Waals surface area contributed by atoms with Gasteiger partial charge in [-0.05, 0) is 18.2 Å². The summed E-state index contributed by atoms with van der Waals surface area (Å²) in [6.45, 7) is -0.498. The molecule has 0 spiro atoms. The summed E-state index contributed by atoms with van der Waals surface area (Å²) in [6, 6.07) is 9.81. The molecule has 25 heavy (non-hydrogen) atoms. The van der Waals surface area contributed by atoms with E-state index in [0.717, 1.165) is 4.57 Å². The maximum Gasteiger partial charge on any atom is 0.351 e. The molecular formula is C16H17N3O6. The Morgan fingerprint density at radius 2 is 1.92 bits per heavy atom. The van der Waals surface area contributed by atoms with Crippen LogP contribution in [0, 0.1) is 0 Å². The largest absolute Gasteiger partial charge is 0.394 e. The average molecular weight is 347 g/mol. The molecule has 2 heterocycles. The van der Waals surface area contributed by atoms with Gasteiger partial charge in [0.15, 0.2) is 6.23 Å². The van der Waals surface area contributed by atoms with Crippen LogP contribution < -0.4 is 11.0 Å². The molecule has 1 aromatic carbocycles. The van der Waals surface area contributed by atoms with Crippen molar-refractivity contribution in [1.82, 2.24) is 9.55 Å². The third-order valence-electron chi connectivity index (χ3n) is 3.90. The van der Waals surface area contributed by atoms with Crippen molar-refractivity contribution >= 4 is 11.7 Å². The Balaban J connectivity index is 1.78. The monoisotopic (exact) mass is 347 g/mol. The zero-order valence-electron chi connectivity index (χ0n) is 13.0. The molecule has 3 rings (SSSR count). The number of aromatic nitrogens is 2. The van der Waals surface area contributed by atoms with Gasteiger partial charge in [-0.15, -0.1) is 0 Å². The lowest BCUT2D eigenvalue weighted by molar-refractivity contribution is -0.0549. The molecule has 132 valence electrons. The number of carbonyl (C=O) groups excluding carboxylic acids is 1. The second-order valence-corrected chi connectivity index (χ2v) is 5.55. The number of carbonyl (C=O) groups is 1. The SMILES string of the molecule is O=C(Nc1ccn([C@H]2O[C@@H](CO)[C@H](O)[C@@H]2O)c(=O)n1)c1ccccc1. The molecule has 1 aliphatic rings. The smallest absolute Gasteiger partial charge is 0.351 e. The topological polar surface area (TPSA) is 134 Å². The third kappa shape index (κ3) is 3.44. The molecule has 1 aromatic heterocycles. The number of nitrogens with zero attached hydrogens (tertiary/aromatic N) is 2. The molecule has 0 bridgehead atoms. The molecule has 9 nitrogen and oxygen atoms in total. The fraction of sp³-hybridized carbons (Fsp3) is 0.312. The first-order valence-corrected chi connectivity index (χ1v) is 7.59. The molecule has 4 N–H and O–H groups in total. The molecular weight excluding hydrogens is 330 g/mol. The molecule has 1 fully saturated rings. The fourth-order valence-corrected chi connectivity index (χ4v) is 2.56. The first kappa shape index (κ1) is 17.2. The second kappa shape index (κ2) is 7.11. The van der Waals surface area contributed by atoms with Crippen LogP contribution >= 0.6 is 0 Å². The summed E-state index contributed by atoms with van der Waals surface area (Å²) in [7, 11) is 0. The van der Waals surface area contributed by atoms with Crippen molar-refractivity contribution < 1.29 is 24.9 Å². The Morgan fingerprint density at radius 3 is 2.52 bits per heavy atom. The van der Waals surface area contributed by atoms with E-state index in [2.05, 4.69) is 10.3 Å². The van der Waals surface area contributed by atoms with E-state index in [0.29, 0.717) is 5.56 Å². The first-order chi connectivity index (χ1) is 12.0. The van der Waals surface area contributed by atoms with E-state index >= 15 is 0 Å². The summed E-state index contributed by atoms with van der Waals surface area (Å²) in [5.41, 5.74) is -0.363. The summed E-state index contributed by atoms with van der Waals surface area (Å²) in [6.07, 6.45) is -3.59. The Bertz CT molecular complexity index is 809. The number of ether oxygens (including phenoxy) is 1. The highest BCUT2D eigenvalue weighted by Crippen LogP contribution is 2.28. The number of aliphatic hydroxyl groups is 3. The number of anilines is 1. The van der Waals surface area contributed by atoms with Crippen molar-refractivity contribution in [3.63, 3.8) is 0 Å². The van der Waals surface area contributed by atoms with Gasteiger partial charge < -0.3 is 25.4 Å². The van der Waals surface area contributed by atoms with Gasteiger partial charge in [0.25, 0.3) is 5.91 Å². The molecule has 1 saturated heterocycles. The zero-order chi connectivity index (χ0) is 18.0. The zero-order valence-corrected chi connectivity index (χ0v) is 13.0. The fourth-order valence-electron chi connectivity index (χ4n) is 2.56. The Morgan fingerprint density at radius 1 is 1.20 bits per heavy atom. The van der Waals surface area contributed by atoms with Crippen molar-refractivity contribution in [2.75, 3.05) is 11.9 Å². The van der Waals surface area contributed by atoms with E-state index in [1.54, 1.807) is 30.3 Å². The molecule has 1 aliphatic heterocycles. The van der Waals surface area contributed by atoms with E-state index in [-0.39, 0.29) is 5.82 Å². The normalized spacial score (nSPS) is 25.7. The minimum absolute atomic E-state index is 0.0434. The molecule has 0 radical (unpaired) electrons. The Kier molecular flexibility index (Phi) is 4.91. The van der Waals surface area contributed by atoms with E-state index in [9.17, 15) is 19.8 Å². The van der Waals surface area contributed by atoms with Crippen LogP contribution in [0.1, 0.15) is 16.6 Å². The van der Waals surface area contributed by atoms with Crippen LogP contribution in [0.4, 0.5) is 5.82 Å². The van der Waals surface area contributed by atoms with Gasteiger partial charge in [0.05, 0.1) is 6.61 Å². The number of amides is 1. The number of nitrogens with one attached hydrogen (secondary N) is 1. The van der Waals surface area contributed by atoms with Gasteiger partial charge in [-0.1, -0.05) is 18.2 Å². The lowest BCUT2D eigenvalue weighted by Crippen LogP contribution is -2.36. The molecule has 2 aromatic rings. The minimum atomic E-state index is -1.39. The Labute approximate surface area is 142 Å². The first-order valence-electron chi connectivity index (χ1n) is 7.59. The highest BCUT2D eigenvalue weighted by atomic mass is 16.6. The summed E-state index contributed by atoms with van der Waals surface area (Å²) >= 11 is 0.